The van der Waals surface area contributed by atoms with E-state index in [2.05, 4.69) is 40.8 Å². The second-order valence-electron chi connectivity index (χ2n) is 14.2. The number of nitrogens with zero attached hydrogens (tertiary/aromatic N) is 9. The summed E-state index contributed by atoms with van der Waals surface area (Å²) in [7, 11) is -9.35. The number of fused-ring (bicyclic) bond motifs is 2. The number of hydrogen-bond acceptors (Lipinski definition) is 17. The third kappa shape index (κ3) is 9.79. The Morgan fingerprint density at radius 2 is 1.44 bits per heavy atom. The number of azo groups is 3. The van der Waals surface area contributed by atoms with Gasteiger partial charge in [-0.15, -0.1) is 30.7 Å². The maximum atomic E-state index is 13.0. The number of aromatic nitrogens is 3. The van der Waals surface area contributed by atoms with E-state index >= 15 is 0 Å². The average molecular weight is 948 g/mol. The molecule has 66 heavy (non-hydrogen) atoms. The number of benzene rings is 6. The highest BCUT2D eigenvalue weighted by Crippen LogP contribution is 2.45. The fourth-order valence-corrected chi connectivity index (χ4v) is 8.70. The average Bonchev–Trinajstić information content (AvgIpc) is 3.86. The summed E-state index contributed by atoms with van der Waals surface area (Å²) in [4.78, 5) is 15.4. The lowest BCUT2D eigenvalue weighted by Crippen LogP contribution is -2.08. The van der Waals surface area contributed by atoms with E-state index in [4.69, 9.17) is 4.74 Å². The maximum absolute atomic E-state index is 13.0. The number of phenols is 1. The Morgan fingerprint density at radius 1 is 0.742 bits per heavy atom. The van der Waals surface area contributed by atoms with Crippen molar-refractivity contribution in [1.82, 2.24) is 14.8 Å². The van der Waals surface area contributed by atoms with Gasteiger partial charge >= 0.3 is 5.97 Å². The third-order valence-corrected chi connectivity index (χ3v) is 12.4. The van der Waals surface area contributed by atoms with Crippen LogP contribution in [0.25, 0.3) is 37.9 Å². The summed E-state index contributed by atoms with van der Waals surface area (Å²) >= 11 is 1.34. The summed E-state index contributed by atoms with van der Waals surface area (Å²) in [5, 5.41) is 62.3. The van der Waals surface area contributed by atoms with Crippen molar-refractivity contribution in [3.05, 3.63) is 126 Å². The fraction of sp³-hybridized carbons (Fsp3) is 0.0930. The van der Waals surface area contributed by atoms with E-state index in [-0.39, 0.29) is 69.2 Å². The van der Waals surface area contributed by atoms with E-state index in [1.54, 1.807) is 43.3 Å². The Balaban J connectivity index is 1.14. The highest BCUT2D eigenvalue weighted by molar-refractivity contribution is 7.86. The van der Waals surface area contributed by atoms with Crippen LogP contribution in [0.1, 0.15) is 22.3 Å². The van der Waals surface area contributed by atoms with Crippen molar-refractivity contribution >= 4 is 92.1 Å². The van der Waals surface area contributed by atoms with E-state index < -0.39 is 48.5 Å². The zero-order chi connectivity index (χ0) is 46.8. The summed E-state index contributed by atoms with van der Waals surface area (Å²) in [6.07, 6.45) is -0.0724. The second-order valence-corrected chi connectivity index (χ2v) is 18.2. The van der Waals surface area contributed by atoms with Crippen molar-refractivity contribution in [2.24, 2.45) is 30.7 Å². The molecular weight excluding hydrogens is 915 g/mol. The van der Waals surface area contributed by atoms with Crippen molar-refractivity contribution < 1.29 is 50.8 Å². The van der Waals surface area contributed by atoms with Crippen LogP contribution in [0.5, 0.6) is 17.4 Å². The summed E-state index contributed by atoms with van der Waals surface area (Å²) in [6.45, 7) is 1.57. The number of phenolic OH excluding ortho intramolecular Hbond substituents is 1. The van der Waals surface area contributed by atoms with Crippen LogP contribution in [-0.2, 0) is 20.2 Å². The molecule has 20 nitrogen and oxygen atoms in total. The zero-order valence-electron chi connectivity index (χ0n) is 34.0. The number of hydrogen-bond donors (Lipinski definition) is 5. The molecule has 0 unspecified atom stereocenters. The van der Waals surface area contributed by atoms with Gasteiger partial charge in [-0.2, -0.15) is 26.6 Å². The topological polar surface area (TPSA) is 301 Å². The Bertz CT molecular complexity index is 3490. The fourth-order valence-electron chi connectivity index (χ4n) is 6.60. The van der Waals surface area contributed by atoms with Crippen molar-refractivity contribution in [2.75, 3.05) is 12.4 Å². The van der Waals surface area contributed by atoms with Crippen LogP contribution < -0.4 is 4.74 Å². The monoisotopic (exact) mass is 947 g/mol. The molecule has 2 aromatic heterocycles. The first kappa shape index (κ1) is 44.8. The highest BCUT2D eigenvalue weighted by Gasteiger charge is 2.25. The van der Waals surface area contributed by atoms with E-state index in [9.17, 15) is 46.1 Å². The number of aromatic carboxylic acids is 1. The molecule has 0 spiro atoms. The van der Waals surface area contributed by atoms with Crippen LogP contribution in [0.15, 0.2) is 151 Å². The van der Waals surface area contributed by atoms with Crippen molar-refractivity contribution in [3.8, 4) is 34.3 Å². The molecule has 8 rings (SSSR count). The van der Waals surface area contributed by atoms with E-state index in [0.717, 1.165) is 14.9 Å². The Kier molecular flexibility index (Phi) is 12.4. The number of ether oxygens (including phenoxy) is 1. The Morgan fingerprint density at radius 3 is 2.18 bits per heavy atom. The molecule has 6 aromatic carbocycles. The van der Waals surface area contributed by atoms with Gasteiger partial charge in [0.2, 0.25) is 11.0 Å². The molecule has 0 amide bonds. The lowest BCUT2D eigenvalue weighted by Gasteiger charge is -2.11. The summed E-state index contributed by atoms with van der Waals surface area (Å²) in [5.74, 6) is -2.77. The zero-order valence-corrected chi connectivity index (χ0v) is 36.5. The number of aryl methyl sites for hydroxylation is 1. The second kappa shape index (κ2) is 18.3. The van der Waals surface area contributed by atoms with E-state index in [0.29, 0.717) is 21.9 Å². The number of carboxylic acid groups (broad SMARTS) is 1. The number of carboxylic acids is 1. The van der Waals surface area contributed by atoms with Gasteiger partial charge in [0.25, 0.3) is 20.2 Å². The van der Waals surface area contributed by atoms with Gasteiger partial charge in [0, 0.05) is 22.4 Å². The predicted molar refractivity (Wildman–Crippen MR) is 243 cm³/mol. The Labute approximate surface area is 378 Å². The molecule has 0 saturated carbocycles. The van der Waals surface area contributed by atoms with Gasteiger partial charge in [-0.3, -0.25) is 9.11 Å². The molecule has 0 saturated heterocycles. The normalized spacial score (nSPS) is 12.3. The Hall–Kier alpha value is -7.83. The molecule has 5 N–H and O–H groups in total. The highest BCUT2D eigenvalue weighted by atomic mass is 32.2. The van der Waals surface area contributed by atoms with Gasteiger partial charge in [0.1, 0.15) is 33.4 Å². The molecular formula is C43H33N9O11S3. The van der Waals surface area contributed by atoms with Crippen LogP contribution in [-0.4, -0.2) is 74.4 Å². The molecule has 0 aliphatic rings. The number of para-hydroxylation sites is 1. The van der Waals surface area contributed by atoms with Gasteiger partial charge in [-0.05, 0) is 73.5 Å². The first-order chi connectivity index (χ1) is 31.5. The smallest absolute Gasteiger partial charge is 0.335 e. The molecule has 0 aliphatic heterocycles. The van der Waals surface area contributed by atoms with Gasteiger partial charge in [-0.1, -0.05) is 65.9 Å². The van der Waals surface area contributed by atoms with Crippen LogP contribution in [0.2, 0.25) is 0 Å². The summed E-state index contributed by atoms with van der Waals surface area (Å²) in [6, 6.07) is 29.7. The standard InChI is InChI=1S/C43H33N9O11S3/c1-24-21-34(35(63-19-8-20-65(57,58)59)23-33(24)47-50-43-44-30-13-5-6-14-36(30)64-43)48-45-31-17-16-29-28(39(31)53)15-18-32(40(29)66(60,61)62)46-49-38-37(25-9-3-2-4-10-25)51-52(41(38)54)27-12-7-11-26(22-27)42(55)56/h2-7,9-18,21-23,53-54H,8,19-20H2,1H3,(H,55,56)(H,57,58,59)(H,60,61,62). The van der Waals surface area contributed by atoms with Crippen LogP contribution in [0, 0.1) is 6.92 Å². The van der Waals surface area contributed by atoms with Gasteiger partial charge < -0.3 is 20.1 Å². The molecule has 334 valence electrons. The van der Waals surface area contributed by atoms with E-state index in [1.165, 1.54) is 65.9 Å². The first-order valence-electron chi connectivity index (χ1n) is 19.3. The maximum Gasteiger partial charge on any atom is 0.335 e. The SMILES string of the molecule is Cc1cc(N=Nc2ccc3c(S(=O)(=O)O)c(N=Nc4c(-c5ccccc5)nn(-c5cccc(C(=O)O)c5)c4O)ccc3c2O)c(OCCCS(=O)(=O)O)cc1N=Nc1nc2ccccc2s1. The minimum atomic E-state index is -5.08. The number of thiazole rings is 1. The molecule has 0 bridgehead atoms. The van der Waals surface area contributed by atoms with Crippen molar-refractivity contribution in [2.45, 2.75) is 18.2 Å². The van der Waals surface area contributed by atoms with Crippen LogP contribution in [0.3, 0.4) is 0 Å². The van der Waals surface area contributed by atoms with Gasteiger partial charge in [0.15, 0.2) is 11.4 Å². The third-order valence-electron chi connectivity index (χ3n) is 9.69. The number of aromatic hydroxyl groups is 2. The number of rotatable bonds is 15. The quantitative estimate of drug-likeness (QED) is 0.0363. The number of carbonyl (C=O) groups is 1. The van der Waals surface area contributed by atoms with Crippen molar-refractivity contribution in [1.29, 1.82) is 0 Å². The lowest BCUT2D eigenvalue weighted by atomic mass is 10.1. The lowest BCUT2D eigenvalue weighted by molar-refractivity contribution is 0.0696. The molecule has 0 radical (unpaired) electrons. The molecule has 0 atom stereocenters. The van der Waals surface area contributed by atoms with Crippen LogP contribution in [0.4, 0.5) is 33.6 Å². The van der Waals surface area contributed by atoms with Gasteiger partial charge in [0.05, 0.1) is 39.5 Å². The first-order valence-corrected chi connectivity index (χ1v) is 23.2. The van der Waals surface area contributed by atoms with Gasteiger partial charge in [-0.25, -0.2) is 9.78 Å². The largest absolute Gasteiger partial charge is 0.505 e. The molecule has 8 aromatic rings. The van der Waals surface area contributed by atoms with Crippen LogP contribution >= 0.6 is 11.3 Å². The molecule has 2 heterocycles. The molecule has 0 fully saturated rings. The summed E-state index contributed by atoms with van der Waals surface area (Å²) in [5.41, 5.74) is 1.76. The predicted octanol–water partition coefficient (Wildman–Crippen LogP) is 10.9. The van der Waals surface area contributed by atoms with Crippen molar-refractivity contribution in [3.63, 3.8) is 0 Å². The van der Waals surface area contributed by atoms with E-state index in [1.807, 2.05) is 24.3 Å². The molecule has 23 heteroatoms. The minimum absolute atomic E-state index is 0.0724. The summed E-state index contributed by atoms with van der Waals surface area (Å²) < 4.78 is 76.1. The minimum Gasteiger partial charge on any atom is -0.505 e. The molecule has 0 aliphatic carbocycles.